The van der Waals surface area contributed by atoms with Gasteiger partial charge in [-0.3, -0.25) is 16.7 Å². The van der Waals surface area contributed by atoms with E-state index in [0.717, 1.165) is 19.3 Å². The second-order valence-corrected chi connectivity index (χ2v) is 9.24. The normalized spacial score (nSPS) is 16.9. The SMILES string of the molecule is CCCCS(CCC)(OC)(OC)(OC)OC. The highest BCUT2D eigenvalue weighted by molar-refractivity contribution is 8.50. The molecule has 0 saturated heterocycles. The summed E-state index contributed by atoms with van der Waals surface area (Å²) in [6, 6.07) is 0. The van der Waals surface area contributed by atoms with Crippen LogP contribution < -0.4 is 0 Å². The second kappa shape index (κ2) is 5.23. The lowest BCUT2D eigenvalue weighted by Gasteiger charge is -2.74. The van der Waals surface area contributed by atoms with Crippen LogP contribution in [-0.2, 0) is 16.7 Å². The Morgan fingerprint density at radius 2 is 1.12 bits per heavy atom. The lowest BCUT2D eigenvalue weighted by Crippen LogP contribution is -2.48. The van der Waals surface area contributed by atoms with E-state index in [1.54, 1.807) is 28.4 Å². The Bertz CT molecular complexity index is 199. The van der Waals surface area contributed by atoms with Gasteiger partial charge in [0.2, 0.25) is 0 Å². The number of rotatable bonds is 9. The van der Waals surface area contributed by atoms with Crippen molar-refractivity contribution < 1.29 is 16.7 Å². The van der Waals surface area contributed by atoms with Crippen molar-refractivity contribution in [2.24, 2.45) is 0 Å². The van der Waals surface area contributed by atoms with E-state index >= 15 is 0 Å². The fourth-order valence-corrected chi connectivity index (χ4v) is 6.41. The Labute approximate surface area is 99.7 Å². The lowest BCUT2D eigenvalue weighted by molar-refractivity contribution is 0.100. The van der Waals surface area contributed by atoms with E-state index < -0.39 is 9.42 Å². The van der Waals surface area contributed by atoms with E-state index in [9.17, 15) is 0 Å². The summed E-state index contributed by atoms with van der Waals surface area (Å²) in [7, 11) is 2.72. The molecule has 0 aromatic heterocycles. The smallest absolute Gasteiger partial charge is 0.0532 e. The molecule has 16 heavy (non-hydrogen) atoms. The van der Waals surface area contributed by atoms with Crippen LogP contribution in [0.2, 0.25) is 0 Å². The van der Waals surface area contributed by atoms with Crippen molar-refractivity contribution in [2.45, 2.75) is 33.1 Å². The largest absolute Gasteiger partial charge is 0.297 e. The highest BCUT2D eigenvalue weighted by Crippen LogP contribution is 2.91. The Morgan fingerprint density at radius 3 is 1.38 bits per heavy atom. The molecule has 0 aliphatic heterocycles. The molecule has 0 spiro atoms. The molecule has 0 bridgehead atoms. The van der Waals surface area contributed by atoms with Gasteiger partial charge < -0.3 is 0 Å². The maximum atomic E-state index is 5.75. The molecule has 0 heterocycles. The van der Waals surface area contributed by atoms with Gasteiger partial charge in [0.1, 0.15) is 0 Å². The van der Waals surface area contributed by atoms with Crippen LogP contribution in [0.15, 0.2) is 0 Å². The zero-order valence-electron chi connectivity index (χ0n) is 11.6. The van der Waals surface area contributed by atoms with Crippen molar-refractivity contribution >= 4 is 9.42 Å². The van der Waals surface area contributed by atoms with Gasteiger partial charge in [0.15, 0.2) is 0 Å². The zero-order valence-corrected chi connectivity index (χ0v) is 12.4. The van der Waals surface area contributed by atoms with Crippen LogP contribution in [0.5, 0.6) is 0 Å². The van der Waals surface area contributed by atoms with Crippen molar-refractivity contribution in [1.82, 2.24) is 0 Å². The summed E-state index contributed by atoms with van der Waals surface area (Å²) in [6.07, 6.45) is 2.88. The molecule has 0 aromatic rings. The number of unbranched alkanes of at least 4 members (excludes halogenated alkanes) is 1. The summed E-state index contributed by atoms with van der Waals surface area (Å²) in [5.41, 5.74) is 0. The second-order valence-electron chi connectivity index (χ2n) is 3.98. The summed E-state index contributed by atoms with van der Waals surface area (Å²) in [4.78, 5) is 0. The van der Waals surface area contributed by atoms with Crippen LogP contribution in [0.25, 0.3) is 0 Å². The predicted octanol–water partition coefficient (Wildman–Crippen LogP) is 3.32. The Morgan fingerprint density at radius 1 is 0.688 bits per heavy atom. The first-order valence-corrected chi connectivity index (χ1v) is 8.28. The quantitative estimate of drug-likeness (QED) is 0.634. The van der Waals surface area contributed by atoms with Crippen molar-refractivity contribution in [3.05, 3.63) is 0 Å². The first-order valence-electron chi connectivity index (χ1n) is 5.79. The Hall–Kier alpha value is 0.190. The van der Waals surface area contributed by atoms with Gasteiger partial charge >= 0.3 is 0 Å². The van der Waals surface area contributed by atoms with Crippen molar-refractivity contribution in [3.8, 4) is 0 Å². The highest BCUT2D eigenvalue weighted by Gasteiger charge is 2.59. The lowest BCUT2D eigenvalue weighted by atomic mass is 10.4. The van der Waals surface area contributed by atoms with Gasteiger partial charge in [-0.1, -0.05) is 20.3 Å². The minimum Gasteiger partial charge on any atom is -0.297 e. The third-order valence-corrected chi connectivity index (χ3v) is 9.54. The summed E-state index contributed by atoms with van der Waals surface area (Å²) >= 11 is 0. The topological polar surface area (TPSA) is 36.9 Å². The van der Waals surface area contributed by atoms with E-state index in [1.807, 2.05) is 0 Å². The van der Waals surface area contributed by atoms with E-state index in [-0.39, 0.29) is 0 Å². The molecule has 0 fully saturated rings. The van der Waals surface area contributed by atoms with Gasteiger partial charge in [0.05, 0.1) is 28.4 Å². The Kier molecular flexibility index (Phi) is 5.29. The van der Waals surface area contributed by atoms with Crippen LogP contribution in [0.3, 0.4) is 0 Å². The molecule has 5 heteroatoms. The van der Waals surface area contributed by atoms with E-state index in [4.69, 9.17) is 16.7 Å². The first-order chi connectivity index (χ1) is 7.47. The van der Waals surface area contributed by atoms with Crippen molar-refractivity contribution in [1.29, 1.82) is 0 Å². The molecule has 4 nitrogen and oxygen atoms in total. The maximum Gasteiger partial charge on any atom is 0.0532 e. The molecule has 102 valence electrons. The van der Waals surface area contributed by atoms with E-state index in [2.05, 4.69) is 13.8 Å². The monoisotopic (exact) mass is 256 g/mol. The molecule has 0 rings (SSSR count). The van der Waals surface area contributed by atoms with Gasteiger partial charge in [-0.25, -0.2) is 0 Å². The van der Waals surface area contributed by atoms with Crippen LogP contribution in [-0.4, -0.2) is 39.9 Å². The predicted molar refractivity (Wildman–Crippen MR) is 70.6 cm³/mol. The van der Waals surface area contributed by atoms with Crippen LogP contribution in [0, 0.1) is 0 Å². The van der Waals surface area contributed by atoms with Crippen molar-refractivity contribution in [3.63, 3.8) is 0 Å². The maximum absolute atomic E-state index is 5.75. The first kappa shape index (κ1) is 16.2. The van der Waals surface area contributed by atoms with Crippen LogP contribution in [0.1, 0.15) is 33.1 Å². The van der Waals surface area contributed by atoms with Gasteiger partial charge in [0.25, 0.3) is 0 Å². The summed E-state index contributed by atoms with van der Waals surface area (Å²) in [5, 5.41) is 0. The van der Waals surface area contributed by atoms with Crippen LogP contribution in [0.4, 0.5) is 0 Å². The minimum absolute atomic E-state index is 0.639. The third kappa shape index (κ3) is 2.24. The molecule has 0 radical (unpaired) electrons. The average Bonchev–Trinajstić information content (AvgIpc) is 2.37. The van der Waals surface area contributed by atoms with Gasteiger partial charge in [-0.2, -0.15) is 0 Å². The molecule has 0 aliphatic rings. The molecule has 0 unspecified atom stereocenters. The van der Waals surface area contributed by atoms with Crippen molar-refractivity contribution in [2.75, 3.05) is 39.9 Å². The van der Waals surface area contributed by atoms with Crippen LogP contribution >= 0.6 is 9.42 Å². The van der Waals surface area contributed by atoms with Gasteiger partial charge in [-0.05, 0) is 12.8 Å². The highest BCUT2D eigenvalue weighted by atomic mass is 32.4. The number of hydrogen-bond acceptors (Lipinski definition) is 4. The summed E-state index contributed by atoms with van der Waals surface area (Å²) < 4.78 is 23.0. The Balaban J connectivity index is 5.52. The average molecular weight is 256 g/mol. The molecule has 0 N–H and O–H groups in total. The standard InChI is InChI=1S/C11H28O4S/c1-7-9-11-16(12-3,13-4,14-5,15-6)10-8-2/h7-11H2,1-6H3. The fourth-order valence-electron chi connectivity index (χ4n) is 2.14. The van der Waals surface area contributed by atoms with E-state index in [0.29, 0.717) is 11.5 Å². The van der Waals surface area contributed by atoms with Gasteiger partial charge in [-0.15, -0.1) is 0 Å². The van der Waals surface area contributed by atoms with Gasteiger partial charge in [0, 0.05) is 20.9 Å². The molecule has 0 atom stereocenters. The fraction of sp³-hybridized carbons (Fsp3) is 1.00. The zero-order chi connectivity index (χ0) is 12.8. The molecule has 0 aromatic carbocycles. The molecule has 0 saturated carbocycles. The number of hydrogen-bond donors (Lipinski definition) is 0. The molecule has 0 aliphatic carbocycles. The minimum atomic E-state index is -3.73. The molecule has 0 amide bonds. The summed E-state index contributed by atoms with van der Waals surface area (Å²) in [6.45, 7) is 4.20. The third-order valence-electron chi connectivity index (χ3n) is 3.42. The molecular formula is C11H28O4S. The van der Waals surface area contributed by atoms with E-state index in [1.165, 1.54) is 0 Å². The molecular weight excluding hydrogens is 228 g/mol. The summed E-state index contributed by atoms with van der Waals surface area (Å²) in [5.74, 6) is 1.30.